The second-order valence-electron chi connectivity index (χ2n) is 4.94. The molecule has 0 aliphatic heterocycles. The molecule has 0 unspecified atom stereocenters. The zero-order chi connectivity index (χ0) is 17.4. The molecule has 6 nitrogen and oxygen atoms in total. The first-order valence-electron chi connectivity index (χ1n) is 7.34. The molecule has 1 N–H and O–H groups in total. The maximum atomic E-state index is 12.3. The second-order valence-corrected chi connectivity index (χ2v) is 6.51. The molecule has 2 rings (SSSR count). The smallest absolute Gasteiger partial charge is 0.328 e. The first kappa shape index (κ1) is 17.8. The lowest BCUT2D eigenvalue weighted by atomic mass is 10.2. The van der Waals surface area contributed by atoms with Gasteiger partial charge in [-0.25, -0.2) is 4.79 Å². The van der Waals surface area contributed by atoms with Gasteiger partial charge in [-0.05, 0) is 30.7 Å². The molecular weight excluding hydrogens is 328 g/mol. The Bertz CT molecular complexity index is 707. The normalized spacial score (nSPS) is 12.9. The molecule has 0 aliphatic rings. The van der Waals surface area contributed by atoms with E-state index in [1.807, 2.05) is 6.07 Å². The average Bonchev–Trinajstić information content (AvgIpc) is 2.65. The molecule has 0 aliphatic carbocycles. The van der Waals surface area contributed by atoms with Gasteiger partial charge in [0.05, 0.1) is 23.5 Å². The average molecular weight is 346 g/mol. The quantitative estimate of drug-likeness (QED) is 0.769. The van der Waals surface area contributed by atoms with E-state index in [-0.39, 0.29) is 12.2 Å². The van der Waals surface area contributed by atoms with Crippen molar-refractivity contribution in [3.05, 3.63) is 60.4 Å². The summed E-state index contributed by atoms with van der Waals surface area (Å²) in [5.74, 6) is -0.766. The van der Waals surface area contributed by atoms with E-state index in [1.165, 1.54) is 13.3 Å². The fourth-order valence-electron chi connectivity index (χ4n) is 2.04. The summed E-state index contributed by atoms with van der Waals surface area (Å²) in [7, 11) is -0.00353. The van der Waals surface area contributed by atoms with E-state index in [0.29, 0.717) is 10.5 Å². The van der Waals surface area contributed by atoms with Crippen molar-refractivity contribution in [1.29, 1.82) is 0 Å². The molecule has 0 radical (unpaired) electrons. The van der Waals surface area contributed by atoms with Crippen LogP contribution in [0.3, 0.4) is 0 Å². The summed E-state index contributed by atoms with van der Waals surface area (Å²) in [5, 5.41) is 2.60. The first-order chi connectivity index (χ1) is 11.6. The highest BCUT2D eigenvalue weighted by Crippen LogP contribution is 2.09. The Morgan fingerprint density at radius 3 is 2.58 bits per heavy atom. The number of aromatic nitrogens is 1. The molecule has 2 aromatic rings. The van der Waals surface area contributed by atoms with Crippen LogP contribution in [-0.4, -0.2) is 40.0 Å². The summed E-state index contributed by atoms with van der Waals surface area (Å²) >= 11 is 0. The second kappa shape index (κ2) is 8.93. The third-order valence-electron chi connectivity index (χ3n) is 3.31. The SMILES string of the molecule is COC(=O)[C@@H](CC[S@@](=O)c1ccccc1)NC(=O)c1cccnc1. The van der Waals surface area contributed by atoms with Crippen LogP contribution in [0.5, 0.6) is 0 Å². The van der Waals surface area contributed by atoms with Crippen LogP contribution >= 0.6 is 0 Å². The molecule has 2 atom stereocenters. The number of methoxy groups -OCH3 is 1. The monoisotopic (exact) mass is 346 g/mol. The predicted octanol–water partition coefficient (Wildman–Crippen LogP) is 1.55. The van der Waals surface area contributed by atoms with Gasteiger partial charge >= 0.3 is 5.97 Å². The van der Waals surface area contributed by atoms with E-state index >= 15 is 0 Å². The molecule has 0 fully saturated rings. The Balaban J connectivity index is 2.00. The van der Waals surface area contributed by atoms with Crippen molar-refractivity contribution in [3.63, 3.8) is 0 Å². The van der Waals surface area contributed by atoms with Crippen molar-refractivity contribution < 1.29 is 18.5 Å². The highest BCUT2D eigenvalue weighted by Gasteiger charge is 2.23. The summed E-state index contributed by atoms with van der Waals surface area (Å²) in [5.41, 5.74) is 0.343. The zero-order valence-corrected chi connectivity index (χ0v) is 14.0. The van der Waals surface area contributed by atoms with Gasteiger partial charge < -0.3 is 10.1 Å². The van der Waals surface area contributed by atoms with E-state index in [0.717, 1.165) is 0 Å². The summed E-state index contributed by atoms with van der Waals surface area (Å²) in [4.78, 5) is 28.6. The van der Waals surface area contributed by atoms with Gasteiger partial charge in [0, 0.05) is 23.0 Å². The molecule has 0 saturated carbocycles. The first-order valence-corrected chi connectivity index (χ1v) is 8.66. The van der Waals surface area contributed by atoms with Crippen LogP contribution in [0.1, 0.15) is 16.8 Å². The number of benzene rings is 1. The maximum absolute atomic E-state index is 12.3. The van der Waals surface area contributed by atoms with E-state index in [9.17, 15) is 13.8 Å². The summed E-state index contributed by atoms with van der Waals surface area (Å²) in [6, 6.07) is 11.3. The fraction of sp³-hybridized carbons (Fsp3) is 0.235. The number of ether oxygens (including phenoxy) is 1. The number of amides is 1. The van der Waals surface area contributed by atoms with Gasteiger partial charge in [0.25, 0.3) is 5.91 Å². The van der Waals surface area contributed by atoms with Crippen molar-refractivity contribution >= 4 is 22.7 Å². The van der Waals surface area contributed by atoms with E-state index in [1.54, 1.807) is 42.6 Å². The third kappa shape index (κ3) is 4.99. The lowest BCUT2D eigenvalue weighted by Gasteiger charge is -2.16. The molecule has 0 bridgehead atoms. The number of rotatable bonds is 7. The van der Waals surface area contributed by atoms with Crippen molar-refractivity contribution in [2.75, 3.05) is 12.9 Å². The largest absolute Gasteiger partial charge is 0.467 e. The standard InChI is InChI=1S/C17H18N2O4S/c1-23-17(21)15(19-16(20)13-6-5-10-18-12-13)9-11-24(22)14-7-3-2-4-8-14/h2-8,10,12,15H,9,11H2,1H3,(H,19,20)/t15-,24-/m1/s1. The molecule has 1 amide bonds. The molecule has 1 aromatic heterocycles. The Hall–Kier alpha value is -2.54. The van der Waals surface area contributed by atoms with Gasteiger partial charge in [-0.2, -0.15) is 0 Å². The number of hydrogen-bond donors (Lipinski definition) is 1. The molecule has 7 heteroatoms. The van der Waals surface area contributed by atoms with Gasteiger partial charge in [-0.3, -0.25) is 14.0 Å². The Morgan fingerprint density at radius 2 is 1.96 bits per heavy atom. The lowest BCUT2D eigenvalue weighted by Crippen LogP contribution is -2.42. The topological polar surface area (TPSA) is 85.4 Å². The van der Waals surface area contributed by atoms with Crippen molar-refractivity contribution in [2.45, 2.75) is 17.4 Å². The fourth-order valence-corrected chi connectivity index (χ4v) is 3.19. The van der Waals surface area contributed by atoms with Crippen LogP contribution in [0.15, 0.2) is 59.8 Å². The minimum absolute atomic E-state index is 0.209. The van der Waals surface area contributed by atoms with Crippen LogP contribution in [-0.2, 0) is 20.3 Å². The Kier molecular flexibility index (Phi) is 6.62. The number of pyridine rings is 1. The number of carbonyl (C=O) groups excluding carboxylic acids is 2. The van der Waals surface area contributed by atoms with Gasteiger partial charge in [-0.1, -0.05) is 18.2 Å². The summed E-state index contributed by atoms with van der Waals surface area (Å²) in [6.07, 6.45) is 3.17. The van der Waals surface area contributed by atoms with Crippen molar-refractivity contribution in [1.82, 2.24) is 10.3 Å². The molecular formula is C17H18N2O4S. The predicted molar refractivity (Wildman–Crippen MR) is 89.8 cm³/mol. The minimum atomic E-state index is -1.25. The summed E-state index contributed by atoms with van der Waals surface area (Å²) in [6.45, 7) is 0. The van der Waals surface area contributed by atoms with Crippen LogP contribution in [0.4, 0.5) is 0 Å². The van der Waals surface area contributed by atoms with Crippen LogP contribution < -0.4 is 5.32 Å². The van der Waals surface area contributed by atoms with Crippen molar-refractivity contribution in [3.8, 4) is 0 Å². The molecule has 0 spiro atoms. The van der Waals surface area contributed by atoms with E-state index in [4.69, 9.17) is 4.74 Å². The third-order valence-corrected chi connectivity index (χ3v) is 4.72. The van der Waals surface area contributed by atoms with Gasteiger partial charge in [-0.15, -0.1) is 0 Å². The Morgan fingerprint density at radius 1 is 1.21 bits per heavy atom. The highest BCUT2D eigenvalue weighted by molar-refractivity contribution is 7.85. The minimum Gasteiger partial charge on any atom is -0.467 e. The molecule has 0 saturated heterocycles. The maximum Gasteiger partial charge on any atom is 0.328 e. The number of esters is 1. The lowest BCUT2D eigenvalue weighted by molar-refractivity contribution is -0.142. The molecule has 24 heavy (non-hydrogen) atoms. The van der Waals surface area contributed by atoms with Crippen molar-refractivity contribution in [2.24, 2.45) is 0 Å². The van der Waals surface area contributed by atoms with Crippen LogP contribution in [0.2, 0.25) is 0 Å². The van der Waals surface area contributed by atoms with Gasteiger partial charge in [0.1, 0.15) is 6.04 Å². The number of nitrogens with zero attached hydrogens (tertiary/aromatic N) is 1. The molecule has 1 aromatic carbocycles. The molecule has 1 heterocycles. The van der Waals surface area contributed by atoms with Gasteiger partial charge in [0.15, 0.2) is 0 Å². The number of carbonyl (C=O) groups is 2. The zero-order valence-electron chi connectivity index (χ0n) is 13.2. The Labute approximate surface area is 142 Å². The number of hydrogen-bond acceptors (Lipinski definition) is 5. The summed E-state index contributed by atoms with van der Waals surface area (Å²) < 4.78 is 17.0. The van der Waals surface area contributed by atoms with Crippen LogP contribution in [0.25, 0.3) is 0 Å². The van der Waals surface area contributed by atoms with Gasteiger partial charge in [0.2, 0.25) is 0 Å². The highest BCUT2D eigenvalue weighted by atomic mass is 32.2. The van der Waals surface area contributed by atoms with E-state index < -0.39 is 28.7 Å². The number of nitrogens with one attached hydrogen (secondary N) is 1. The van der Waals surface area contributed by atoms with Crippen LogP contribution in [0, 0.1) is 0 Å². The van der Waals surface area contributed by atoms with E-state index in [2.05, 4.69) is 10.3 Å². The molecule has 126 valence electrons.